The summed E-state index contributed by atoms with van der Waals surface area (Å²) in [5, 5.41) is 0.435. The summed E-state index contributed by atoms with van der Waals surface area (Å²) < 4.78 is 18.3. The molecule has 0 saturated carbocycles. The van der Waals surface area contributed by atoms with Crippen molar-refractivity contribution in [3.05, 3.63) is 62.6 Å². The number of pyridine rings is 1. The van der Waals surface area contributed by atoms with Crippen LogP contribution in [0.1, 0.15) is 15.2 Å². The molecular weight excluding hydrogens is 295 g/mol. The number of aromatic nitrogens is 2. The summed E-state index contributed by atoms with van der Waals surface area (Å²) in [5.74, 6) is -1.13. The number of H-pyrrole nitrogens is 1. The largest absolute Gasteiger partial charge is 0.456 e. The Bertz CT molecular complexity index is 858. The maximum Gasteiger partial charge on any atom is 0.339 e. The second kappa shape index (κ2) is 5.45. The molecule has 0 aliphatic heterocycles. The van der Waals surface area contributed by atoms with E-state index in [-0.39, 0.29) is 17.7 Å². The molecule has 7 heteroatoms. The number of carbonyl (C=O) groups is 1. The first-order valence-corrected chi connectivity index (χ1v) is 6.88. The Morgan fingerprint density at radius 2 is 2.24 bits per heavy atom. The van der Waals surface area contributed by atoms with Gasteiger partial charge in [0, 0.05) is 17.6 Å². The molecule has 0 atom stereocenters. The number of hydrogen-bond acceptors (Lipinski definition) is 5. The van der Waals surface area contributed by atoms with Gasteiger partial charge in [-0.1, -0.05) is 0 Å². The molecule has 106 valence electrons. The lowest BCUT2D eigenvalue weighted by molar-refractivity contribution is 0.0478. The van der Waals surface area contributed by atoms with Gasteiger partial charge in [0.1, 0.15) is 12.4 Å². The molecule has 0 spiro atoms. The predicted octanol–water partition coefficient (Wildman–Crippen LogP) is 2.48. The number of fused-ring (bicyclic) bond motifs is 1. The Balaban J connectivity index is 1.95. The van der Waals surface area contributed by atoms with Crippen LogP contribution in [-0.2, 0) is 11.3 Å². The standard InChI is InChI=1S/C14H9FN2O3S/c15-8-1-2-10-11(4-13(18)17-12(10)3-8)14(19)20-6-9-5-16-7-21-9/h1-5,7H,6H2,(H,17,18). The molecule has 0 radical (unpaired) electrons. The number of carbonyl (C=O) groups excluding carboxylic acids is 1. The highest BCUT2D eigenvalue weighted by atomic mass is 32.1. The van der Waals surface area contributed by atoms with Crippen LogP contribution in [0.25, 0.3) is 10.9 Å². The van der Waals surface area contributed by atoms with Gasteiger partial charge in [0.05, 0.1) is 21.5 Å². The minimum atomic E-state index is -0.633. The van der Waals surface area contributed by atoms with Gasteiger partial charge in [-0.05, 0) is 18.2 Å². The van der Waals surface area contributed by atoms with Gasteiger partial charge < -0.3 is 9.72 Å². The molecule has 3 rings (SSSR count). The highest BCUT2D eigenvalue weighted by Crippen LogP contribution is 2.18. The van der Waals surface area contributed by atoms with E-state index in [0.29, 0.717) is 5.39 Å². The topological polar surface area (TPSA) is 72.0 Å². The number of nitrogens with one attached hydrogen (secondary N) is 1. The highest BCUT2D eigenvalue weighted by molar-refractivity contribution is 7.09. The van der Waals surface area contributed by atoms with E-state index in [1.54, 1.807) is 11.7 Å². The van der Waals surface area contributed by atoms with Crippen molar-refractivity contribution in [3.8, 4) is 0 Å². The molecule has 0 aliphatic carbocycles. The van der Waals surface area contributed by atoms with Crippen LogP contribution in [0.4, 0.5) is 4.39 Å². The Hall–Kier alpha value is -2.54. The number of hydrogen-bond donors (Lipinski definition) is 1. The first-order valence-electron chi connectivity index (χ1n) is 6.00. The fourth-order valence-corrected chi connectivity index (χ4v) is 2.43. The number of benzene rings is 1. The summed E-state index contributed by atoms with van der Waals surface area (Å²) >= 11 is 1.36. The van der Waals surface area contributed by atoms with Crippen LogP contribution in [-0.4, -0.2) is 15.9 Å². The minimum Gasteiger partial charge on any atom is -0.456 e. The lowest BCUT2D eigenvalue weighted by atomic mass is 10.1. The SMILES string of the molecule is O=C(OCc1cncs1)c1cc(=O)[nH]c2cc(F)ccc12. The molecule has 0 saturated heterocycles. The second-order valence-electron chi connectivity index (χ2n) is 4.28. The number of ether oxygens (including phenoxy) is 1. The third kappa shape index (κ3) is 2.82. The van der Waals surface area contributed by atoms with Crippen molar-refractivity contribution in [2.75, 3.05) is 0 Å². The van der Waals surface area contributed by atoms with E-state index in [0.717, 1.165) is 17.0 Å². The van der Waals surface area contributed by atoms with Crippen molar-refractivity contribution >= 4 is 28.2 Å². The normalized spacial score (nSPS) is 10.7. The molecule has 0 amide bonds. The monoisotopic (exact) mass is 304 g/mol. The first-order chi connectivity index (χ1) is 10.1. The van der Waals surface area contributed by atoms with Crippen LogP contribution in [0.15, 0.2) is 40.8 Å². The van der Waals surface area contributed by atoms with Gasteiger partial charge in [0.15, 0.2) is 0 Å². The van der Waals surface area contributed by atoms with Crippen LogP contribution in [0, 0.1) is 5.82 Å². The lowest BCUT2D eigenvalue weighted by Gasteiger charge is -2.06. The van der Waals surface area contributed by atoms with E-state index < -0.39 is 17.3 Å². The lowest BCUT2D eigenvalue weighted by Crippen LogP contribution is -2.12. The van der Waals surface area contributed by atoms with Crippen LogP contribution in [0.3, 0.4) is 0 Å². The fraction of sp³-hybridized carbons (Fsp3) is 0.0714. The number of thiazole rings is 1. The van der Waals surface area contributed by atoms with Crippen LogP contribution < -0.4 is 5.56 Å². The molecule has 3 aromatic rings. The summed E-state index contributed by atoms with van der Waals surface area (Å²) in [4.78, 5) is 30.8. The zero-order valence-corrected chi connectivity index (χ0v) is 11.4. The quantitative estimate of drug-likeness (QED) is 0.755. The number of halogens is 1. The van der Waals surface area contributed by atoms with Gasteiger partial charge in [0.2, 0.25) is 5.56 Å². The smallest absolute Gasteiger partial charge is 0.339 e. The molecule has 2 aromatic heterocycles. The zero-order chi connectivity index (χ0) is 14.8. The van der Waals surface area contributed by atoms with Gasteiger partial charge in [-0.15, -0.1) is 11.3 Å². The predicted molar refractivity (Wildman–Crippen MR) is 75.8 cm³/mol. The number of rotatable bonds is 3. The second-order valence-corrected chi connectivity index (χ2v) is 5.25. The molecule has 0 fully saturated rings. The fourth-order valence-electron chi connectivity index (χ4n) is 1.93. The average Bonchev–Trinajstić information content (AvgIpc) is 2.96. The highest BCUT2D eigenvalue weighted by Gasteiger charge is 2.14. The first kappa shape index (κ1) is 13.4. The average molecular weight is 304 g/mol. The summed E-state index contributed by atoms with van der Waals surface area (Å²) in [6, 6.07) is 4.97. The Kier molecular flexibility index (Phi) is 3.49. The Morgan fingerprint density at radius 3 is 3.00 bits per heavy atom. The van der Waals surface area contributed by atoms with Gasteiger partial charge >= 0.3 is 5.97 Å². The van der Waals surface area contributed by atoms with Gasteiger partial charge in [-0.2, -0.15) is 0 Å². The number of nitrogens with zero attached hydrogens (tertiary/aromatic N) is 1. The third-order valence-electron chi connectivity index (χ3n) is 2.85. The zero-order valence-electron chi connectivity index (χ0n) is 10.6. The maximum atomic E-state index is 13.2. The summed E-state index contributed by atoms with van der Waals surface area (Å²) in [6.45, 7) is 0.0823. The molecule has 1 N–H and O–H groups in total. The van der Waals surface area contributed by atoms with Crippen molar-refractivity contribution < 1.29 is 13.9 Å². The summed E-state index contributed by atoms with van der Waals surface area (Å²) in [7, 11) is 0. The van der Waals surface area contributed by atoms with E-state index >= 15 is 0 Å². The van der Waals surface area contributed by atoms with Crippen molar-refractivity contribution in [2.45, 2.75) is 6.61 Å². The summed E-state index contributed by atoms with van der Waals surface area (Å²) in [6.07, 6.45) is 1.60. The molecule has 0 bridgehead atoms. The van der Waals surface area contributed by atoms with Crippen molar-refractivity contribution in [3.63, 3.8) is 0 Å². The van der Waals surface area contributed by atoms with E-state index in [1.807, 2.05) is 0 Å². The number of esters is 1. The minimum absolute atomic E-state index is 0.0823. The van der Waals surface area contributed by atoms with Gasteiger partial charge in [-0.25, -0.2) is 9.18 Å². The van der Waals surface area contributed by atoms with Crippen molar-refractivity contribution in [2.24, 2.45) is 0 Å². The van der Waals surface area contributed by atoms with E-state index in [1.165, 1.54) is 23.5 Å². The van der Waals surface area contributed by atoms with Gasteiger partial charge in [-0.3, -0.25) is 9.78 Å². The third-order valence-corrected chi connectivity index (χ3v) is 3.61. The molecule has 1 aromatic carbocycles. The molecular formula is C14H9FN2O3S. The molecule has 0 unspecified atom stereocenters. The summed E-state index contributed by atoms with van der Waals surface area (Å²) in [5.41, 5.74) is 1.51. The van der Waals surface area contributed by atoms with E-state index in [4.69, 9.17) is 4.74 Å². The number of aromatic amines is 1. The van der Waals surface area contributed by atoms with E-state index in [9.17, 15) is 14.0 Å². The molecule has 2 heterocycles. The molecule has 5 nitrogen and oxygen atoms in total. The van der Waals surface area contributed by atoms with Crippen molar-refractivity contribution in [1.82, 2.24) is 9.97 Å². The van der Waals surface area contributed by atoms with Crippen LogP contribution in [0.5, 0.6) is 0 Å². The van der Waals surface area contributed by atoms with Crippen LogP contribution in [0.2, 0.25) is 0 Å². The van der Waals surface area contributed by atoms with Gasteiger partial charge in [0.25, 0.3) is 0 Å². The van der Waals surface area contributed by atoms with Crippen molar-refractivity contribution in [1.29, 1.82) is 0 Å². The Morgan fingerprint density at radius 1 is 1.38 bits per heavy atom. The van der Waals surface area contributed by atoms with Crippen LogP contribution >= 0.6 is 11.3 Å². The van der Waals surface area contributed by atoms with E-state index in [2.05, 4.69) is 9.97 Å². The molecule has 0 aliphatic rings. The maximum absolute atomic E-state index is 13.2. The Labute approximate surface area is 122 Å². The molecule has 21 heavy (non-hydrogen) atoms.